The summed E-state index contributed by atoms with van der Waals surface area (Å²) in [6.07, 6.45) is -0.788. The van der Waals surface area contributed by atoms with E-state index in [9.17, 15) is 13.2 Å². The lowest BCUT2D eigenvalue weighted by Gasteiger charge is -2.17. The molecule has 0 aromatic heterocycles. The van der Waals surface area contributed by atoms with Crippen LogP contribution in [-0.4, -0.2) is 52.8 Å². The van der Waals surface area contributed by atoms with Crippen LogP contribution in [0.5, 0.6) is 0 Å². The Kier molecular flexibility index (Phi) is 9.76. The molecule has 0 saturated heterocycles. The van der Waals surface area contributed by atoms with E-state index in [1.165, 1.54) is 0 Å². The number of ether oxygens (including phenoxy) is 3. The van der Waals surface area contributed by atoms with Crippen molar-refractivity contribution in [1.29, 1.82) is 0 Å². The average molecular weight is 297 g/mol. The second kappa shape index (κ2) is 10.1. The summed E-state index contributed by atoms with van der Waals surface area (Å²) >= 11 is 0. The fraction of sp³-hybridized carbons (Fsp3) is 0.909. The summed E-state index contributed by atoms with van der Waals surface area (Å²) in [6.45, 7) is 6.36. The van der Waals surface area contributed by atoms with E-state index in [2.05, 4.69) is 9.46 Å². The largest absolute Gasteiger partial charge is 0.466 e. The van der Waals surface area contributed by atoms with Crippen molar-refractivity contribution in [3.05, 3.63) is 0 Å². The van der Waals surface area contributed by atoms with Crippen molar-refractivity contribution in [3.63, 3.8) is 0 Å². The first-order chi connectivity index (χ1) is 8.95. The molecule has 0 aliphatic carbocycles. The lowest BCUT2D eigenvalue weighted by Crippen LogP contribution is -2.37. The lowest BCUT2D eigenvalue weighted by atomic mass is 10.5. The van der Waals surface area contributed by atoms with Gasteiger partial charge in [0, 0.05) is 13.2 Å². The van der Waals surface area contributed by atoms with Gasteiger partial charge in [-0.25, -0.2) is 13.1 Å². The molecular weight excluding hydrogens is 274 g/mol. The molecule has 0 atom stereocenters. The van der Waals surface area contributed by atoms with Gasteiger partial charge in [-0.3, -0.25) is 4.79 Å². The maximum Gasteiger partial charge on any atom is 0.306 e. The van der Waals surface area contributed by atoms with Gasteiger partial charge >= 0.3 is 5.97 Å². The minimum absolute atomic E-state index is 0.0207. The Morgan fingerprint density at radius 3 is 2.16 bits per heavy atom. The SMILES string of the molecule is CCOC(=O)CCS(=O)(=O)NCC(OCC)OCC. The smallest absolute Gasteiger partial charge is 0.306 e. The van der Waals surface area contributed by atoms with Crippen LogP contribution in [0.4, 0.5) is 0 Å². The number of rotatable bonds is 11. The zero-order valence-corrected chi connectivity index (χ0v) is 12.5. The average Bonchev–Trinajstić information content (AvgIpc) is 2.35. The maximum absolute atomic E-state index is 11.6. The summed E-state index contributed by atoms with van der Waals surface area (Å²) in [4.78, 5) is 11.1. The summed E-state index contributed by atoms with van der Waals surface area (Å²) in [7, 11) is -3.54. The van der Waals surface area contributed by atoms with E-state index in [0.29, 0.717) is 13.2 Å². The van der Waals surface area contributed by atoms with Crippen molar-refractivity contribution < 1.29 is 27.4 Å². The number of nitrogens with one attached hydrogen (secondary N) is 1. The summed E-state index contributed by atoms with van der Waals surface area (Å²) in [5.74, 6) is -0.837. The van der Waals surface area contributed by atoms with Crippen LogP contribution in [0.3, 0.4) is 0 Å². The van der Waals surface area contributed by atoms with Crippen molar-refractivity contribution in [1.82, 2.24) is 4.72 Å². The van der Waals surface area contributed by atoms with Gasteiger partial charge in [-0.15, -0.1) is 0 Å². The molecule has 0 aromatic rings. The van der Waals surface area contributed by atoms with E-state index >= 15 is 0 Å². The van der Waals surface area contributed by atoms with Gasteiger partial charge in [-0.1, -0.05) is 0 Å². The van der Waals surface area contributed by atoms with Crippen LogP contribution < -0.4 is 4.72 Å². The van der Waals surface area contributed by atoms with Crippen LogP contribution in [0.25, 0.3) is 0 Å². The van der Waals surface area contributed by atoms with Gasteiger partial charge in [0.1, 0.15) is 0 Å². The monoisotopic (exact) mass is 297 g/mol. The second-order valence-electron chi connectivity index (χ2n) is 3.56. The Morgan fingerprint density at radius 1 is 1.11 bits per heavy atom. The molecule has 0 aliphatic rings. The molecule has 1 N–H and O–H groups in total. The molecule has 0 fully saturated rings. The molecule has 0 saturated carbocycles. The fourth-order valence-corrected chi connectivity index (χ4v) is 2.23. The molecule has 0 spiro atoms. The Bertz CT molecular complexity index is 337. The third-order valence-corrected chi connectivity index (χ3v) is 3.40. The maximum atomic E-state index is 11.6. The Balaban J connectivity index is 4.10. The van der Waals surface area contributed by atoms with Crippen molar-refractivity contribution in [3.8, 4) is 0 Å². The molecule has 0 bridgehead atoms. The third-order valence-electron chi connectivity index (χ3n) is 2.06. The van der Waals surface area contributed by atoms with E-state index in [0.717, 1.165) is 0 Å². The highest BCUT2D eigenvalue weighted by atomic mass is 32.2. The predicted octanol–water partition coefficient (Wildman–Crippen LogP) is 0.258. The summed E-state index contributed by atoms with van der Waals surface area (Å²) in [5, 5.41) is 0. The summed E-state index contributed by atoms with van der Waals surface area (Å²) in [6, 6.07) is 0. The summed E-state index contributed by atoms with van der Waals surface area (Å²) < 4.78 is 40.6. The Morgan fingerprint density at radius 2 is 1.68 bits per heavy atom. The van der Waals surface area contributed by atoms with Crippen LogP contribution in [0.15, 0.2) is 0 Å². The van der Waals surface area contributed by atoms with Crippen molar-refractivity contribution >= 4 is 16.0 Å². The van der Waals surface area contributed by atoms with E-state index in [4.69, 9.17) is 9.47 Å². The van der Waals surface area contributed by atoms with Crippen molar-refractivity contribution in [2.75, 3.05) is 32.1 Å². The molecule has 8 heteroatoms. The number of hydrogen-bond donors (Lipinski definition) is 1. The highest BCUT2D eigenvalue weighted by Gasteiger charge is 2.16. The van der Waals surface area contributed by atoms with Gasteiger partial charge < -0.3 is 14.2 Å². The first-order valence-corrected chi connectivity index (χ1v) is 7.96. The van der Waals surface area contributed by atoms with Crippen LogP contribution in [0, 0.1) is 0 Å². The number of sulfonamides is 1. The normalized spacial score (nSPS) is 11.8. The number of esters is 1. The zero-order valence-electron chi connectivity index (χ0n) is 11.7. The molecule has 0 unspecified atom stereocenters. The number of carbonyl (C=O) groups excluding carboxylic acids is 1. The minimum atomic E-state index is -3.54. The van der Waals surface area contributed by atoms with Crippen LogP contribution in [-0.2, 0) is 29.0 Å². The van der Waals surface area contributed by atoms with Crippen molar-refractivity contribution in [2.45, 2.75) is 33.5 Å². The molecular formula is C11H23NO6S. The van der Waals surface area contributed by atoms with E-state index in [-0.39, 0.29) is 25.3 Å². The quantitative estimate of drug-likeness (QED) is 0.434. The van der Waals surface area contributed by atoms with Crippen LogP contribution >= 0.6 is 0 Å². The molecule has 0 radical (unpaired) electrons. The minimum Gasteiger partial charge on any atom is -0.466 e. The molecule has 0 aromatic carbocycles. The molecule has 114 valence electrons. The van der Waals surface area contributed by atoms with Gasteiger partial charge in [0.2, 0.25) is 10.0 Å². The molecule has 0 aliphatic heterocycles. The number of carbonyl (C=O) groups is 1. The standard InChI is InChI=1S/C11H23NO6S/c1-4-16-10(13)7-8-19(14,15)12-9-11(17-5-2)18-6-3/h11-12H,4-9H2,1-3H3. The van der Waals surface area contributed by atoms with Gasteiger partial charge in [0.25, 0.3) is 0 Å². The molecule has 7 nitrogen and oxygen atoms in total. The Hall–Kier alpha value is -0.700. The first kappa shape index (κ1) is 18.3. The zero-order chi connectivity index (χ0) is 14.7. The van der Waals surface area contributed by atoms with Crippen LogP contribution in [0.1, 0.15) is 27.2 Å². The van der Waals surface area contributed by atoms with Crippen LogP contribution in [0.2, 0.25) is 0 Å². The molecule has 19 heavy (non-hydrogen) atoms. The fourth-order valence-electron chi connectivity index (χ4n) is 1.26. The van der Waals surface area contributed by atoms with Gasteiger partial charge in [0.15, 0.2) is 6.29 Å². The highest BCUT2D eigenvalue weighted by molar-refractivity contribution is 7.89. The van der Waals surface area contributed by atoms with Crippen molar-refractivity contribution in [2.24, 2.45) is 0 Å². The third kappa shape index (κ3) is 9.83. The van der Waals surface area contributed by atoms with Gasteiger partial charge in [-0.05, 0) is 20.8 Å². The van der Waals surface area contributed by atoms with E-state index in [1.54, 1.807) is 20.8 Å². The predicted molar refractivity (Wildman–Crippen MR) is 70.1 cm³/mol. The topological polar surface area (TPSA) is 90.9 Å². The highest BCUT2D eigenvalue weighted by Crippen LogP contribution is 1.97. The van der Waals surface area contributed by atoms with E-state index < -0.39 is 22.3 Å². The molecule has 0 heterocycles. The van der Waals surface area contributed by atoms with Gasteiger partial charge in [-0.2, -0.15) is 0 Å². The van der Waals surface area contributed by atoms with Gasteiger partial charge in [0.05, 0.1) is 25.3 Å². The first-order valence-electron chi connectivity index (χ1n) is 6.31. The molecule has 0 amide bonds. The second-order valence-corrected chi connectivity index (χ2v) is 5.49. The lowest BCUT2D eigenvalue weighted by molar-refractivity contribution is -0.142. The number of hydrogen-bond acceptors (Lipinski definition) is 6. The molecule has 0 rings (SSSR count). The van der Waals surface area contributed by atoms with E-state index in [1.807, 2.05) is 0 Å². The summed E-state index contributed by atoms with van der Waals surface area (Å²) in [5.41, 5.74) is 0. The Labute approximate surface area is 114 Å².